The first kappa shape index (κ1) is 11.3. The Morgan fingerprint density at radius 3 is 1.83 bits per heavy atom. The molecule has 0 atom stereocenters. The van der Waals surface area contributed by atoms with E-state index < -0.39 is 0 Å². The van der Waals surface area contributed by atoms with Gasteiger partial charge in [-0.25, -0.2) is 0 Å². The van der Waals surface area contributed by atoms with Gasteiger partial charge in [-0.05, 0) is 24.5 Å². The van der Waals surface area contributed by atoms with E-state index in [-0.39, 0.29) is 0 Å². The zero-order valence-corrected chi connectivity index (χ0v) is 11.1. The third-order valence-electron chi connectivity index (χ3n) is 3.61. The highest BCUT2D eigenvalue weighted by atomic mass is 15.0. The average molecular weight is 237 g/mol. The van der Waals surface area contributed by atoms with Gasteiger partial charge in [0.25, 0.3) is 0 Å². The van der Waals surface area contributed by atoms with E-state index in [0.29, 0.717) is 0 Å². The van der Waals surface area contributed by atoms with Gasteiger partial charge in [0.15, 0.2) is 0 Å². The maximum absolute atomic E-state index is 2.46. The Hall–Kier alpha value is -1.76. The molecule has 1 aromatic heterocycles. The van der Waals surface area contributed by atoms with Crippen LogP contribution in [0.1, 0.15) is 20.3 Å². The summed E-state index contributed by atoms with van der Waals surface area (Å²) in [6.07, 6.45) is 1.22. The minimum Gasteiger partial charge on any atom is -0.340 e. The molecule has 18 heavy (non-hydrogen) atoms. The van der Waals surface area contributed by atoms with E-state index in [1.165, 1.54) is 28.2 Å². The highest BCUT2D eigenvalue weighted by Gasteiger charge is 2.09. The molecule has 0 amide bonds. The van der Waals surface area contributed by atoms with E-state index >= 15 is 0 Å². The predicted molar refractivity (Wildman–Crippen MR) is 78.9 cm³/mol. The second kappa shape index (κ2) is 4.49. The molecule has 2 aromatic carbocycles. The molecule has 3 rings (SSSR count). The first-order valence-corrected chi connectivity index (χ1v) is 6.73. The molecule has 0 aliphatic rings. The Morgan fingerprint density at radius 1 is 0.833 bits per heavy atom. The van der Waals surface area contributed by atoms with Crippen molar-refractivity contribution in [3.63, 3.8) is 0 Å². The monoisotopic (exact) mass is 237 g/mol. The number of para-hydroxylation sites is 2. The maximum atomic E-state index is 2.46. The Balaban J connectivity index is 2.24. The summed E-state index contributed by atoms with van der Waals surface area (Å²) < 4.78 is 2.46. The van der Waals surface area contributed by atoms with E-state index in [0.717, 1.165) is 12.5 Å². The second-order valence-corrected chi connectivity index (χ2v) is 5.37. The van der Waals surface area contributed by atoms with Crippen molar-refractivity contribution in [3.8, 4) is 0 Å². The van der Waals surface area contributed by atoms with Gasteiger partial charge in [-0.2, -0.15) is 0 Å². The summed E-state index contributed by atoms with van der Waals surface area (Å²) in [6.45, 7) is 5.67. The number of benzene rings is 2. The van der Waals surface area contributed by atoms with Crippen molar-refractivity contribution in [2.75, 3.05) is 0 Å². The van der Waals surface area contributed by atoms with Gasteiger partial charge in [-0.15, -0.1) is 0 Å². The molecule has 0 spiro atoms. The van der Waals surface area contributed by atoms with E-state index in [4.69, 9.17) is 0 Å². The Morgan fingerprint density at radius 2 is 1.33 bits per heavy atom. The molecule has 0 fully saturated rings. The number of fused-ring (bicyclic) bond motifs is 3. The molecule has 1 heterocycles. The van der Waals surface area contributed by atoms with Gasteiger partial charge in [0.2, 0.25) is 0 Å². The van der Waals surface area contributed by atoms with Crippen molar-refractivity contribution in [1.82, 2.24) is 4.57 Å². The number of nitrogens with zero attached hydrogens (tertiary/aromatic N) is 1. The molecular formula is C17H19N. The predicted octanol–water partition coefficient (Wildman–Crippen LogP) is 4.84. The molecule has 0 bridgehead atoms. The number of hydrogen-bond donors (Lipinski definition) is 0. The molecule has 92 valence electrons. The standard InChI is InChI=1S/C17H19N/c1-13(2)11-12-18-16-9-5-3-7-14(16)15-8-4-6-10-17(15)18/h3-10,13H,11-12H2,1-2H3. The van der Waals surface area contributed by atoms with Crippen LogP contribution in [-0.4, -0.2) is 4.57 Å². The lowest BCUT2D eigenvalue weighted by Gasteiger charge is -2.09. The lowest BCUT2D eigenvalue weighted by atomic mass is 10.1. The van der Waals surface area contributed by atoms with Gasteiger partial charge >= 0.3 is 0 Å². The van der Waals surface area contributed by atoms with Crippen molar-refractivity contribution in [3.05, 3.63) is 48.5 Å². The first-order valence-electron chi connectivity index (χ1n) is 6.73. The highest BCUT2D eigenvalue weighted by molar-refractivity contribution is 6.07. The fraction of sp³-hybridized carbons (Fsp3) is 0.294. The molecule has 0 aliphatic carbocycles. The molecule has 1 heteroatoms. The van der Waals surface area contributed by atoms with Crippen molar-refractivity contribution in [2.45, 2.75) is 26.8 Å². The van der Waals surface area contributed by atoms with Crippen LogP contribution in [0.5, 0.6) is 0 Å². The van der Waals surface area contributed by atoms with Gasteiger partial charge in [-0.1, -0.05) is 50.2 Å². The lowest BCUT2D eigenvalue weighted by molar-refractivity contribution is 0.531. The van der Waals surface area contributed by atoms with Crippen LogP contribution in [0, 0.1) is 5.92 Å². The van der Waals surface area contributed by atoms with Crippen molar-refractivity contribution in [1.29, 1.82) is 0 Å². The number of rotatable bonds is 3. The third kappa shape index (κ3) is 1.80. The van der Waals surface area contributed by atoms with Gasteiger partial charge in [0, 0.05) is 28.4 Å². The largest absolute Gasteiger partial charge is 0.340 e. The SMILES string of the molecule is CC(C)CCn1c2ccccc2c2ccccc21. The van der Waals surface area contributed by atoms with Crippen LogP contribution in [0.3, 0.4) is 0 Å². The van der Waals surface area contributed by atoms with Crippen LogP contribution in [0.15, 0.2) is 48.5 Å². The van der Waals surface area contributed by atoms with Crippen LogP contribution >= 0.6 is 0 Å². The minimum absolute atomic E-state index is 0.741. The summed E-state index contributed by atoms with van der Waals surface area (Å²) in [6, 6.07) is 17.4. The topological polar surface area (TPSA) is 4.93 Å². The fourth-order valence-corrected chi connectivity index (χ4v) is 2.63. The van der Waals surface area contributed by atoms with Gasteiger partial charge in [-0.3, -0.25) is 0 Å². The Bertz CT molecular complexity index is 623. The highest BCUT2D eigenvalue weighted by Crippen LogP contribution is 2.29. The molecular weight excluding hydrogens is 218 g/mol. The lowest BCUT2D eigenvalue weighted by Crippen LogP contribution is -2.00. The Labute approximate surface area is 108 Å². The van der Waals surface area contributed by atoms with E-state index in [2.05, 4.69) is 66.9 Å². The zero-order chi connectivity index (χ0) is 12.5. The molecule has 0 radical (unpaired) electrons. The second-order valence-electron chi connectivity index (χ2n) is 5.37. The van der Waals surface area contributed by atoms with Crippen LogP contribution < -0.4 is 0 Å². The zero-order valence-electron chi connectivity index (χ0n) is 11.1. The number of hydrogen-bond acceptors (Lipinski definition) is 0. The summed E-state index contributed by atoms with van der Waals surface area (Å²) in [5.74, 6) is 0.741. The van der Waals surface area contributed by atoms with Crippen LogP contribution in [0.2, 0.25) is 0 Å². The number of aromatic nitrogens is 1. The Kier molecular flexibility index (Phi) is 2.83. The van der Waals surface area contributed by atoms with Crippen molar-refractivity contribution >= 4 is 21.8 Å². The molecule has 3 aromatic rings. The summed E-state index contributed by atoms with van der Waals surface area (Å²) in [7, 11) is 0. The third-order valence-corrected chi connectivity index (χ3v) is 3.61. The normalized spacial score (nSPS) is 11.7. The van der Waals surface area contributed by atoms with E-state index in [9.17, 15) is 0 Å². The summed E-state index contributed by atoms with van der Waals surface area (Å²) in [5.41, 5.74) is 2.72. The first-order chi connectivity index (χ1) is 8.77. The molecule has 0 N–H and O–H groups in total. The molecule has 0 saturated carbocycles. The summed E-state index contributed by atoms with van der Waals surface area (Å²) in [4.78, 5) is 0. The molecule has 0 saturated heterocycles. The maximum Gasteiger partial charge on any atom is 0.0491 e. The van der Waals surface area contributed by atoms with E-state index in [1.54, 1.807) is 0 Å². The summed E-state index contributed by atoms with van der Waals surface area (Å²) >= 11 is 0. The molecule has 0 unspecified atom stereocenters. The van der Waals surface area contributed by atoms with Gasteiger partial charge in [0.1, 0.15) is 0 Å². The molecule has 1 nitrogen and oxygen atoms in total. The van der Waals surface area contributed by atoms with Crippen LogP contribution in [0.25, 0.3) is 21.8 Å². The minimum atomic E-state index is 0.741. The van der Waals surface area contributed by atoms with Crippen LogP contribution in [-0.2, 0) is 6.54 Å². The average Bonchev–Trinajstić information content (AvgIpc) is 2.71. The van der Waals surface area contributed by atoms with Crippen molar-refractivity contribution < 1.29 is 0 Å². The quantitative estimate of drug-likeness (QED) is 0.614. The van der Waals surface area contributed by atoms with Crippen molar-refractivity contribution in [2.24, 2.45) is 5.92 Å². The smallest absolute Gasteiger partial charge is 0.0491 e. The van der Waals surface area contributed by atoms with Gasteiger partial charge < -0.3 is 4.57 Å². The number of aryl methyl sites for hydroxylation is 1. The van der Waals surface area contributed by atoms with E-state index in [1.807, 2.05) is 0 Å². The fourth-order valence-electron chi connectivity index (χ4n) is 2.63. The molecule has 0 aliphatic heterocycles. The van der Waals surface area contributed by atoms with Gasteiger partial charge in [0.05, 0.1) is 0 Å². The van der Waals surface area contributed by atoms with Crippen LogP contribution in [0.4, 0.5) is 0 Å². The summed E-state index contributed by atoms with van der Waals surface area (Å²) in [5, 5.41) is 2.74.